The van der Waals surface area contributed by atoms with Crippen LogP contribution in [0.3, 0.4) is 0 Å². The first-order valence-corrected chi connectivity index (χ1v) is 10.5. The summed E-state index contributed by atoms with van der Waals surface area (Å²) in [6, 6.07) is 5.99. The summed E-state index contributed by atoms with van der Waals surface area (Å²) in [5.74, 6) is 2.74. The van der Waals surface area contributed by atoms with Crippen LogP contribution in [0.2, 0.25) is 0 Å². The molecule has 1 fully saturated rings. The van der Waals surface area contributed by atoms with Crippen molar-refractivity contribution in [1.29, 1.82) is 0 Å². The van der Waals surface area contributed by atoms with Gasteiger partial charge in [0, 0.05) is 43.6 Å². The first-order chi connectivity index (χ1) is 14.2. The van der Waals surface area contributed by atoms with E-state index in [-0.39, 0.29) is 12.7 Å². The highest BCUT2D eigenvalue weighted by Gasteiger charge is 2.19. The fourth-order valence-electron chi connectivity index (χ4n) is 3.94. The molecular formula is C22H29N3O4. The summed E-state index contributed by atoms with van der Waals surface area (Å²) < 4.78 is 17.2. The fourth-order valence-corrected chi connectivity index (χ4v) is 3.94. The molecule has 29 heavy (non-hydrogen) atoms. The number of aromatic nitrogens is 1. The van der Waals surface area contributed by atoms with E-state index in [1.165, 1.54) is 39.0 Å². The predicted octanol–water partition coefficient (Wildman–Crippen LogP) is 3.15. The molecule has 0 bridgehead atoms. The van der Waals surface area contributed by atoms with Crippen molar-refractivity contribution in [2.75, 3.05) is 26.5 Å². The maximum atomic E-state index is 11.0. The molecule has 0 atom stereocenters. The highest BCUT2D eigenvalue weighted by atomic mass is 16.7. The van der Waals surface area contributed by atoms with Gasteiger partial charge in [0.2, 0.25) is 18.6 Å². The van der Waals surface area contributed by atoms with Crippen molar-refractivity contribution in [1.82, 2.24) is 15.6 Å². The Kier molecular flexibility index (Phi) is 6.34. The SMILES string of the molecule is CC(=O)NCCNCc1cc2cc3c(cc2nc1OCC1CCCCC1)OCO3. The number of hydrogen-bond donors (Lipinski definition) is 2. The van der Waals surface area contributed by atoms with Gasteiger partial charge in [-0.2, -0.15) is 0 Å². The second kappa shape index (κ2) is 9.31. The maximum Gasteiger partial charge on any atom is 0.231 e. The minimum absolute atomic E-state index is 0.0215. The Hall–Kier alpha value is -2.54. The van der Waals surface area contributed by atoms with Crippen molar-refractivity contribution in [3.05, 3.63) is 23.8 Å². The molecule has 7 nitrogen and oxygen atoms in total. The second-order valence-corrected chi connectivity index (χ2v) is 7.83. The Balaban J connectivity index is 1.50. The molecule has 1 saturated carbocycles. The molecule has 156 valence electrons. The van der Waals surface area contributed by atoms with Crippen molar-refractivity contribution in [3.8, 4) is 17.4 Å². The summed E-state index contributed by atoms with van der Waals surface area (Å²) in [5.41, 5.74) is 1.85. The zero-order valence-corrected chi connectivity index (χ0v) is 17.0. The van der Waals surface area contributed by atoms with Gasteiger partial charge in [0.1, 0.15) is 0 Å². The van der Waals surface area contributed by atoms with Crippen LogP contribution in [0.1, 0.15) is 44.6 Å². The third kappa shape index (κ3) is 5.09. The third-order valence-electron chi connectivity index (χ3n) is 5.52. The van der Waals surface area contributed by atoms with Gasteiger partial charge in [-0.3, -0.25) is 4.79 Å². The molecule has 0 spiro atoms. The molecule has 2 aromatic rings. The van der Waals surface area contributed by atoms with Crippen LogP contribution in [0.4, 0.5) is 0 Å². The lowest BCUT2D eigenvalue weighted by molar-refractivity contribution is -0.118. The van der Waals surface area contributed by atoms with Crippen LogP contribution < -0.4 is 24.8 Å². The lowest BCUT2D eigenvalue weighted by Gasteiger charge is -2.22. The average Bonchev–Trinajstić information content (AvgIpc) is 3.18. The number of amides is 1. The van der Waals surface area contributed by atoms with Crippen LogP contribution in [0.25, 0.3) is 10.9 Å². The summed E-state index contributed by atoms with van der Waals surface area (Å²) in [6.45, 7) is 4.37. The van der Waals surface area contributed by atoms with Crippen molar-refractivity contribution >= 4 is 16.8 Å². The summed E-state index contributed by atoms with van der Waals surface area (Å²) in [6.07, 6.45) is 6.38. The van der Waals surface area contributed by atoms with Gasteiger partial charge < -0.3 is 24.8 Å². The van der Waals surface area contributed by atoms with E-state index in [9.17, 15) is 4.79 Å². The van der Waals surface area contributed by atoms with E-state index >= 15 is 0 Å². The van der Waals surface area contributed by atoms with Gasteiger partial charge in [0.05, 0.1) is 12.1 Å². The van der Waals surface area contributed by atoms with Crippen LogP contribution in [0, 0.1) is 5.92 Å². The minimum atomic E-state index is -0.0215. The summed E-state index contributed by atoms with van der Waals surface area (Å²) in [5, 5.41) is 7.15. The van der Waals surface area contributed by atoms with Crippen molar-refractivity contribution < 1.29 is 19.0 Å². The van der Waals surface area contributed by atoms with Gasteiger partial charge in [-0.05, 0) is 30.9 Å². The normalized spacial score (nSPS) is 16.2. The summed E-state index contributed by atoms with van der Waals surface area (Å²) in [7, 11) is 0. The van der Waals surface area contributed by atoms with Crippen LogP contribution in [-0.4, -0.2) is 37.4 Å². The molecule has 0 radical (unpaired) electrons. The number of fused-ring (bicyclic) bond motifs is 2. The Morgan fingerprint density at radius 2 is 1.93 bits per heavy atom. The first-order valence-electron chi connectivity index (χ1n) is 10.5. The molecule has 0 unspecified atom stereocenters. The third-order valence-corrected chi connectivity index (χ3v) is 5.52. The number of nitrogens with zero attached hydrogens (tertiary/aromatic N) is 1. The lowest BCUT2D eigenvalue weighted by atomic mass is 9.90. The van der Waals surface area contributed by atoms with Crippen LogP contribution in [0.15, 0.2) is 18.2 Å². The van der Waals surface area contributed by atoms with Crippen LogP contribution >= 0.6 is 0 Å². The molecule has 1 aromatic heterocycles. The number of ether oxygens (including phenoxy) is 3. The van der Waals surface area contributed by atoms with Gasteiger partial charge in [-0.25, -0.2) is 4.98 Å². The molecular weight excluding hydrogens is 370 g/mol. The second-order valence-electron chi connectivity index (χ2n) is 7.83. The van der Waals surface area contributed by atoms with Gasteiger partial charge >= 0.3 is 0 Å². The Bertz CT molecular complexity index is 865. The van der Waals surface area contributed by atoms with E-state index in [0.29, 0.717) is 38.0 Å². The van der Waals surface area contributed by atoms with Crippen LogP contribution in [-0.2, 0) is 11.3 Å². The smallest absolute Gasteiger partial charge is 0.231 e. The number of nitrogens with one attached hydrogen (secondary N) is 2. The molecule has 1 amide bonds. The number of rotatable bonds is 8. The maximum absolute atomic E-state index is 11.0. The molecule has 0 saturated heterocycles. The average molecular weight is 399 g/mol. The topological polar surface area (TPSA) is 81.7 Å². The number of pyridine rings is 1. The zero-order chi connectivity index (χ0) is 20.1. The largest absolute Gasteiger partial charge is 0.477 e. The molecule has 1 aliphatic heterocycles. The van der Waals surface area contributed by atoms with E-state index in [1.807, 2.05) is 12.1 Å². The number of carbonyl (C=O) groups is 1. The van der Waals surface area contributed by atoms with E-state index < -0.39 is 0 Å². The first kappa shape index (κ1) is 19.8. The van der Waals surface area contributed by atoms with Crippen LogP contribution in [0.5, 0.6) is 17.4 Å². The fraction of sp³-hybridized carbons (Fsp3) is 0.545. The standard InChI is InChI=1S/C22H29N3O4/c1-15(26)24-8-7-23-12-18-9-17-10-20-21(29-14-28-20)11-19(17)25-22(18)27-13-16-5-3-2-4-6-16/h9-11,16,23H,2-8,12-14H2,1H3,(H,24,26). The molecule has 7 heteroatoms. The number of benzene rings is 1. The highest BCUT2D eigenvalue weighted by Crippen LogP contribution is 2.37. The quantitative estimate of drug-likeness (QED) is 0.664. The highest BCUT2D eigenvalue weighted by molar-refractivity contribution is 5.84. The van der Waals surface area contributed by atoms with Crippen molar-refractivity contribution in [2.24, 2.45) is 5.92 Å². The van der Waals surface area contributed by atoms with Crippen molar-refractivity contribution in [2.45, 2.75) is 45.6 Å². The van der Waals surface area contributed by atoms with Gasteiger partial charge in [-0.1, -0.05) is 19.3 Å². The Labute approximate surface area is 171 Å². The van der Waals surface area contributed by atoms with E-state index in [4.69, 9.17) is 19.2 Å². The monoisotopic (exact) mass is 399 g/mol. The van der Waals surface area contributed by atoms with E-state index in [1.54, 1.807) is 0 Å². The zero-order valence-electron chi connectivity index (χ0n) is 17.0. The molecule has 2 aliphatic rings. The summed E-state index contributed by atoms with van der Waals surface area (Å²) >= 11 is 0. The summed E-state index contributed by atoms with van der Waals surface area (Å²) in [4.78, 5) is 15.8. The Morgan fingerprint density at radius 3 is 2.72 bits per heavy atom. The predicted molar refractivity (Wildman–Crippen MR) is 110 cm³/mol. The van der Waals surface area contributed by atoms with Gasteiger partial charge in [0.25, 0.3) is 0 Å². The van der Waals surface area contributed by atoms with Gasteiger partial charge in [-0.15, -0.1) is 0 Å². The molecule has 2 N–H and O–H groups in total. The molecule has 1 aromatic carbocycles. The van der Waals surface area contributed by atoms with Crippen molar-refractivity contribution in [3.63, 3.8) is 0 Å². The molecule has 1 aliphatic carbocycles. The Morgan fingerprint density at radius 1 is 1.14 bits per heavy atom. The molecule has 4 rings (SSSR count). The van der Waals surface area contributed by atoms with E-state index in [0.717, 1.165) is 28.0 Å². The van der Waals surface area contributed by atoms with E-state index in [2.05, 4.69) is 16.7 Å². The lowest BCUT2D eigenvalue weighted by Crippen LogP contribution is -2.30. The number of carbonyl (C=O) groups excluding carboxylic acids is 1. The molecule has 2 heterocycles. The van der Waals surface area contributed by atoms with Gasteiger partial charge in [0.15, 0.2) is 11.5 Å². The number of hydrogen-bond acceptors (Lipinski definition) is 6. The minimum Gasteiger partial charge on any atom is -0.477 e.